The third-order valence-electron chi connectivity index (χ3n) is 4.96. The molecular weight excluding hydrogens is 344 g/mol. The van der Waals surface area contributed by atoms with Crippen LogP contribution in [0.3, 0.4) is 0 Å². The van der Waals surface area contributed by atoms with Crippen LogP contribution in [0.2, 0.25) is 0 Å². The van der Waals surface area contributed by atoms with E-state index >= 15 is 0 Å². The van der Waals surface area contributed by atoms with Crippen LogP contribution in [-0.4, -0.2) is 34.8 Å². The number of carbonyl (C=O) groups is 3. The van der Waals surface area contributed by atoms with E-state index in [-0.39, 0.29) is 11.6 Å². The summed E-state index contributed by atoms with van der Waals surface area (Å²) in [6.07, 6.45) is 5.99. The van der Waals surface area contributed by atoms with Crippen LogP contribution in [0.5, 0.6) is 0 Å². The average Bonchev–Trinajstić information content (AvgIpc) is 2.80. The number of nitrogens with zero attached hydrogens (tertiary/aromatic N) is 1. The highest BCUT2D eigenvalue weighted by Crippen LogP contribution is 2.32. The summed E-state index contributed by atoms with van der Waals surface area (Å²) in [5, 5.41) is 5.14. The first-order valence-electron chi connectivity index (χ1n) is 8.80. The van der Waals surface area contributed by atoms with Crippen LogP contribution in [0.4, 0.5) is 19.3 Å². The summed E-state index contributed by atoms with van der Waals surface area (Å²) in [5.41, 5.74) is -0.860. The number of urea groups is 1. The predicted octanol–water partition coefficient (Wildman–Crippen LogP) is 2.94. The van der Waals surface area contributed by atoms with Crippen molar-refractivity contribution >= 4 is 23.5 Å². The van der Waals surface area contributed by atoms with Gasteiger partial charge in [-0.05, 0) is 25.0 Å². The lowest BCUT2D eigenvalue weighted by Crippen LogP contribution is -2.47. The number of rotatable bonds is 3. The largest absolute Gasteiger partial charge is 0.325 e. The highest BCUT2D eigenvalue weighted by molar-refractivity contribution is 6.10. The molecule has 4 amide bonds. The Labute approximate surface area is 149 Å². The molecule has 0 unspecified atom stereocenters. The van der Waals surface area contributed by atoms with Gasteiger partial charge in [0, 0.05) is 11.8 Å². The van der Waals surface area contributed by atoms with Crippen LogP contribution >= 0.6 is 0 Å². The summed E-state index contributed by atoms with van der Waals surface area (Å²) >= 11 is 0. The molecule has 1 aliphatic carbocycles. The molecule has 8 heteroatoms. The van der Waals surface area contributed by atoms with Crippen LogP contribution in [-0.2, 0) is 9.59 Å². The Morgan fingerprint density at radius 3 is 2.38 bits per heavy atom. The maximum atomic E-state index is 13.2. The number of hydrogen-bond donors (Lipinski definition) is 2. The second-order valence-electron chi connectivity index (χ2n) is 6.85. The van der Waals surface area contributed by atoms with Gasteiger partial charge >= 0.3 is 6.03 Å². The molecule has 1 saturated carbocycles. The Morgan fingerprint density at radius 1 is 1.08 bits per heavy atom. The van der Waals surface area contributed by atoms with Crippen molar-refractivity contribution in [2.45, 2.75) is 50.5 Å². The van der Waals surface area contributed by atoms with Crippen LogP contribution in [0, 0.1) is 11.6 Å². The predicted molar refractivity (Wildman–Crippen MR) is 90.3 cm³/mol. The quantitative estimate of drug-likeness (QED) is 0.809. The maximum Gasteiger partial charge on any atom is 0.325 e. The fraction of sp³-hybridized carbons (Fsp3) is 0.500. The zero-order valence-electron chi connectivity index (χ0n) is 14.3. The number of halogens is 2. The van der Waals surface area contributed by atoms with Crippen molar-refractivity contribution in [3.8, 4) is 0 Å². The average molecular weight is 365 g/mol. The minimum Gasteiger partial charge on any atom is -0.324 e. The molecule has 140 valence electrons. The smallest absolute Gasteiger partial charge is 0.324 e. The van der Waals surface area contributed by atoms with Gasteiger partial charge in [0.05, 0.1) is 0 Å². The Balaban J connectivity index is 1.66. The van der Waals surface area contributed by atoms with Gasteiger partial charge < -0.3 is 10.6 Å². The first-order valence-corrected chi connectivity index (χ1v) is 8.80. The van der Waals surface area contributed by atoms with Gasteiger partial charge in [0.2, 0.25) is 5.91 Å². The van der Waals surface area contributed by atoms with Gasteiger partial charge in [-0.15, -0.1) is 0 Å². The second kappa shape index (κ2) is 7.39. The fourth-order valence-corrected chi connectivity index (χ4v) is 3.59. The zero-order chi connectivity index (χ0) is 18.7. The number of hydrogen-bond acceptors (Lipinski definition) is 3. The molecule has 1 aliphatic heterocycles. The summed E-state index contributed by atoms with van der Waals surface area (Å²) in [5.74, 6) is -3.15. The van der Waals surface area contributed by atoms with Crippen molar-refractivity contribution < 1.29 is 23.2 Å². The van der Waals surface area contributed by atoms with E-state index in [4.69, 9.17) is 0 Å². The summed E-state index contributed by atoms with van der Waals surface area (Å²) in [7, 11) is 0. The molecule has 2 N–H and O–H groups in total. The standard InChI is InChI=1S/C18H21F2N3O3/c19-13-7-6-12(10-14(13)20)21-15(24)11-23-16(25)18(22-17(23)26)8-4-2-1-3-5-9-18/h6-7,10H,1-5,8-9,11H2,(H,21,24)(H,22,26). The van der Waals surface area contributed by atoms with E-state index in [0.29, 0.717) is 12.8 Å². The first-order chi connectivity index (χ1) is 12.4. The summed E-state index contributed by atoms with van der Waals surface area (Å²) in [4.78, 5) is 38.1. The normalized spacial score (nSPS) is 19.8. The van der Waals surface area contributed by atoms with Crippen molar-refractivity contribution in [3.63, 3.8) is 0 Å². The highest BCUT2D eigenvalue weighted by atomic mass is 19.2. The van der Waals surface area contributed by atoms with Crippen molar-refractivity contribution in [1.29, 1.82) is 0 Å². The molecule has 2 fully saturated rings. The fourth-order valence-electron chi connectivity index (χ4n) is 3.59. The van der Waals surface area contributed by atoms with Crippen molar-refractivity contribution in [2.24, 2.45) is 0 Å². The van der Waals surface area contributed by atoms with E-state index in [1.807, 2.05) is 0 Å². The van der Waals surface area contributed by atoms with Gasteiger partial charge in [0.25, 0.3) is 5.91 Å². The van der Waals surface area contributed by atoms with Gasteiger partial charge in [0.15, 0.2) is 11.6 Å². The molecule has 0 atom stereocenters. The Hall–Kier alpha value is -2.51. The molecule has 1 spiro atoms. The molecule has 6 nitrogen and oxygen atoms in total. The number of imide groups is 1. The third-order valence-corrected chi connectivity index (χ3v) is 4.96. The molecule has 0 bridgehead atoms. The van der Waals surface area contributed by atoms with Crippen molar-refractivity contribution in [1.82, 2.24) is 10.2 Å². The molecular formula is C18H21F2N3O3. The van der Waals surface area contributed by atoms with Gasteiger partial charge in [-0.3, -0.25) is 14.5 Å². The van der Waals surface area contributed by atoms with E-state index in [1.54, 1.807) is 0 Å². The van der Waals surface area contributed by atoms with E-state index in [0.717, 1.165) is 49.1 Å². The maximum absolute atomic E-state index is 13.2. The van der Waals surface area contributed by atoms with Crippen LogP contribution in [0.25, 0.3) is 0 Å². The number of benzene rings is 1. The van der Waals surface area contributed by atoms with Gasteiger partial charge in [-0.2, -0.15) is 0 Å². The number of nitrogens with one attached hydrogen (secondary N) is 2. The molecule has 0 radical (unpaired) electrons. The lowest BCUT2D eigenvalue weighted by atomic mass is 9.84. The minimum atomic E-state index is -1.09. The molecule has 0 aromatic heterocycles. The van der Waals surface area contributed by atoms with E-state index in [2.05, 4.69) is 10.6 Å². The Kier molecular flexibility index (Phi) is 5.20. The Bertz CT molecular complexity index is 730. The molecule has 1 aromatic rings. The molecule has 1 saturated heterocycles. The second-order valence-corrected chi connectivity index (χ2v) is 6.85. The summed E-state index contributed by atoms with van der Waals surface area (Å²) in [6.45, 7) is -0.467. The van der Waals surface area contributed by atoms with Crippen LogP contribution < -0.4 is 10.6 Å². The van der Waals surface area contributed by atoms with E-state index in [1.165, 1.54) is 6.07 Å². The van der Waals surface area contributed by atoms with Gasteiger partial charge in [-0.25, -0.2) is 13.6 Å². The lowest BCUT2D eigenvalue weighted by molar-refractivity contribution is -0.134. The number of carbonyl (C=O) groups excluding carboxylic acids is 3. The number of amides is 4. The van der Waals surface area contributed by atoms with E-state index < -0.39 is 35.7 Å². The topological polar surface area (TPSA) is 78.5 Å². The number of anilines is 1. The van der Waals surface area contributed by atoms with Gasteiger partial charge in [-0.1, -0.05) is 32.1 Å². The summed E-state index contributed by atoms with van der Waals surface area (Å²) in [6, 6.07) is 2.35. The Morgan fingerprint density at radius 2 is 1.73 bits per heavy atom. The molecule has 1 heterocycles. The molecule has 2 aliphatic rings. The van der Waals surface area contributed by atoms with Crippen LogP contribution in [0.15, 0.2) is 18.2 Å². The van der Waals surface area contributed by atoms with E-state index in [9.17, 15) is 23.2 Å². The molecule has 26 heavy (non-hydrogen) atoms. The van der Waals surface area contributed by atoms with Gasteiger partial charge in [0.1, 0.15) is 12.1 Å². The monoisotopic (exact) mass is 365 g/mol. The third kappa shape index (κ3) is 3.68. The SMILES string of the molecule is O=C(CN1C(=O)NC2(CCCCCCC2)C1=O)Nc1ccc(F)c(F)c1. The molecule has 1 aromatic carbocycles. The van der Waals surface area contributed by atoms with Crippen molar-refractivity contribution in [2.75, 3.05) is 11.9 Å². The highest BCUT2D eigenvalue weighted by Gasteiger charge is 2.50. The first kappa shape index (κ1) is 18.3. The summed E-state index contributed by atoms with van der Waals surface area (Å²) < 4.78 is 26.2. The lowest BCUT2D eigenvalue weighted by Gasteiger charge is -2.28. The molecule has 3 rings (SSSR count). The van der Waals surface area contributed by atoms with Crippen LogP contribution in [0.1, 0.15) is 44.9 Å². The zero-order valence-corrected chi connectivity index (χ0v) is 14.3. The minimum absolute atomic E-state index is 0.0571. The van der Waals surface area contributed by atoms with Crippen molar-refractivity contribution in [3.05, 3.63) is 29.8 Å².